The van der Waals surface area contributed by atoms with Crippen molar-refractivity contribution in [1.82, 2.24) is 9.78 Å². The number of rotatable bonds is 9. The van der Waals surface area contributed by atoms with Gasteiger partial charge in [0.15, 0.2) is 0 Å². The van der Waals surface area contributed by atoms with Gasteiger partial charge in [-0.05, 0) is 46.5 Å². The molecule has 0 spiro atoms. The van der Waals surface area contributed by atoms with E-state index in [0.29, 0.717) is 30.5 Å². The predicted octanol–water partition coefficient (Wildman–Crippen LogP) is 6.80. The summed E-state index contributed by atoms with van der Waals surface area (Å²) in [7, 11) is 0. The Kier molecular flexibility index (Phi) is 6.72. The largest absolute Gasteiger partial charge is 0.490 e. The van der Waals surface area contributed by atoms with Crippen molar-refractivity contribution in [1.29, 1.82) is 0 Å². The van der Waals surface area contributed by atoms with E-state index < -0.39 is 0 Å². The molecule has 2 heterocycles. The van der Waals surface area contributed by atoms with E-state index in [2.05, 4.69) is 23.8 Å². The molecule has 4 aromatic rings. The van der Waals surface area contributed by atoms with Crippen molar-refractivity contribution in [2.24, 2.45) is 0 Å². The number of ether oxygens (including phenoxy) is 2. The van der Waals surface area contributed by atoms with Crippen LogP contribution in [-0.2, 0) is 6.54 Å². The summed E-state index contributed by atoms with van der Waals surface area (Å²) in [6, 6.07) is 20.0. The van der Waals surface area contributed by atoms with Crippen molar-refractivity contribution in [2.45, 2.75) is 19.9 Å². The van der Waals surface area contributed by atoms with E-state index in [0.717, 1.165) is 34.7 Å². The van der Waals surface area contributed by atoms with E-state index in [1.165, 1.54) is 0 Å². The zero-order valence-electron chi connectivity index (χ0n) is 16.8. The number of hydrogen-bond acceptors (Lipinski definition) is 4. The average Bonchev–Trinajstić information content (AvgIpc) is 3.44. The van der Waals surface area contributed by atoms with Crippen molar-refractivity contribution in [2.75, 3.05) is 13.2 Å². The monoisotopic (exact) mass is 438 g/mol. The molecule has 2 aromatic heterocycles. The maximum absolute atomic E-state index is 6.44. The summed E-state index contributed by atoms with van der Waals surface area (Å²) in [6.45, 7) is 3.74. The minimum absolute atomic E-state index is 0.440. The van der Waals surface area contributed by atoms with Crippen LogP contribution >= 0.6 is 22.9 Å². The van der Waals surface area contributed by atoms with Gasteiger partial charge >= 0.3 is 0 Å². The molecule has 30 heavy (non-hydrogen) atoms. The molecule has 0 amide bonds. The molecule has 0 aliphatic heterocycles. The van der Waals surface area contributed by atoms with Crippen molar-refractivity contribution in [3.05, 3.63) is 76.4 Å². The summed E-state index contributed by atoms with van der Waals surface area (Å²) >= 11 is 8.11. The number of hydrogen-bond donors (Lipinski definition) is 0. The molecular formula is C24H23ClN2O2S. The van der Waals surface area contributed by atoms with E-state index in [9.17, 15) is 0 Å². The predicted molar refractivity (Wildman–Crippen MR) is 124 cm³/mol. The lowest BCUT2D eigenvalue weighted by Gasteiger charge is -2.11. The Hall–Kier alpha value is -2.76. The molecule has 0 fully saturated rings. The molecule has 0 saturated heterocycles. The maximum atomic E-state index is 6.44. The van der Waals surface area contributed by atoms with Crippen LogP contribution in [0.2, 0.25) is 5.02 Å². The van der Waals surface area contributed by atoms with Crippen molar-refractivity contribution in [3.8, 4) is 34.0 Å². The molecule has 2 aromatic carbocycles. The fourth-order valence-corrected chi connectivity index (χ4v) is 4.00. The van der Waals surface area contributed by atoms with Gasteiger partial charge in [-0.1, -0.05) is 54.9 Å². The van der Waals surface area contributed by atoms with E-state index in [1.54, 1.807) is 11.3 Å². The second kappa shape index (κ2) is 9.83. The fraction of sp³-hybridized carbons (Fsp3) is 0.208. The summed E-state index contributed by atoms with van der Waals surface area (Å²) in [6.07, 6.45) is 0.939. The minimum atomic E-state index is 0.440. The molecule has 0 atom stereocenters. The van der Waals surface area contributed by atoms with Crippen LogP contribution < -0.4 is 9.47 Å². The molecule has 6 heteroatoms. The van der Waals surface area contributed by atoms with Crippen molar-refractivity contribution in [3.63, 3.8) is 0 Å². The smallest absolute Gasteiger partial charge is 0.212 e. The van der Waals surface area contributed by atoms with Gasteiger partial charge in [0.2, 0.25) is 5.88 Å². The second-order valence-electron chi connectivity index (χ2n) is 6.81. The van der Waals surface area contributed by atoms with Crippen LogP contribution in [0.4, 0.5) is 0 Å². The van der Waals surface area contributed by atoms with E-state index >= 15 is 0 Å². The number of benzene rings is 2. The Bertz CT molecular complexity index is 1080. The summed E-state index contributed by atoms with van der Waals surface area (Å²) in [5.74, 6) is 1.42. The molecule has 154 valence electrons. The quantitative estimate of drug-likeness (QED) is 0.288. The molecule has 0 N–H and O–H groups in total. The second-order valence-corrected chi connectivity index (χ2v) is 8.00. The van der Waals surface area contributed by atoms with Crippen LogP contribution in [0.15, 0.2) is 71.4 Å². The first kappa shape index (κ1) is 20.5. The van der Waals surface area contributed by atoms with Crippen LogP contribution in [0.3, 0.4) is 0 Å². The number of aromatic nitrogens is 2. The molecule has 0 unspecified atom stereocenters. The lowest BCUT2D eigenvalue weighted by Crippen LogP contribution is -2.12. The highest BCUT2D eigenvalue weighted by Gasteiger charge is 2.12. The first-order chi connectivity index (χ1) is 14.7. The number of nitrogens with zero attached hydrogens (tertiary/aromatic N) is 2. The summed E-state index contributed by atoms with van der Waals surface area (Å²) in [5.41, 5.74) is 4.20. The van der Waals surface area contributed by atoms with Crippen LogP contribution in [-0.4, -0.2) is 23.0 Å². The molecule has 0 bridgehead atoms. The van der Waals surface area contributed by atoms with Crippen molar-refractivity contribution >= 4 is 22.9 Å². The third kappa shape index (κ3) is 4.86. The van der Waals surface area contributed by atoms with Gasteiger partial charge in [-0.2, -0.15) is 16.4 Å². The van der Waals surface area contributed by atoms with E-state index in [4.69, 9.17) is 26.2 Å². The van der Waals surface area contributed by atoms with Gasteiger partial charge < -0.3 is 9.47 Å². The van der Waals surface area contributed by atoms with Crippen LogP contribution in [0.1, 0.15) is 13.3 Å². The van der Waals surface area contributed by atoms with Gasteiger partial charge in [0.05, 0.1) is 23.9 Å². The highest BCUT2D eigenvalue weighted by atomic mass is 35.5. The fourth-order valence-electron chi connectivity index (χ4n) is 3.10. The zero-order chi connectivity index (χ0) is 20.8. The van der Waals surface area contributed by atoms with Gasteiger partial charge in [0.1, 0.15) is 12.4 Å². The Morgan fingerprint density at radius 2 is 1.80 bits per heavy atom. The average molecular weight is 439 g/mol. The van der Waals surface area contributed by atoms with Crippen LogP contribution in [0.5, 0.6) is 11.6 Å². The van der Waals surface area contributed by atoms with Crippen molar-refractivity contribution < 1.29 is 9.47 Å². The molecule has 0 aliphatic carbocycles. The van der Waals surface area contributed by atoms with Gasteiger partial charge in [0.25, 0.3) is 0 Å². The zero-order valence-corrected chi connectivity index (χ0v) is 18.3. The van der Waals surface area contributed by atoms with Crippen LogP contribution in [0, 0.1) is 0 Å². The lowest BCUT2D eigenvalue weighted by atomic mass is 10.1. The lowest BCUT2D eigenvalue weighted by molar-refractivity contribution is 0.252. The number of halogens is 1. The molecule has 0 saturated carbocycles. The maximum Gasteiger partial charge on any atom is 0.212 e. The first-order valence-electron chi connectivity index (χ1n) is 9.95. The van der Waals surface area contributed by atoms with Gasteiger partial charge in [-0.15, -0.1) is 0 Å². The molecule has 0 aliphatic rings. The Balaban J connectivity index is 1.44. The van der Waals surface area contributed by atoms with Gasteiger partial charge in [-0.3, -0.25) is 0 Å². The normalized spacial score (nSPS) is 10.9. The summed E-state index contributed by atoms with van der Waals surface area (Å²) in [5, 5.41) is 9.48. The van der Waals surface area contributed by atoms with Gasteiger partial charge in [0, 0.05) is 11.6 Å². The molecule has 0 radical (unpaired) electrons. The first-order valence-corrected chi connectivity index (χ1v) is 11.3. The highest BCUT2D eigenvalue weighted by Crippen LogP contribution is 2.31. The molecular weight excluding hydrogens is 416 g/mol. The topological polar surface area (TPSA) is 36.3 Å². The Labute approximate surface area is 185 Å². The summed E-state index contributed by atoms with van der Waals surface area (Å²) < 4.78 is 13.7. The standard InChI is InChI=1S/C24H23ClN2O2S/c1-2-12-29-24-16-22(18-6-4-3-5-7-18)26-27(24)11-13-28-23-9-8-19(15-21(23)25)20-10-14-30-17-20/h3-10,14-17H,2,11-13H2,1H3. The molecule has 4 rings (SSSR count). The third-order valence-electron chi connectivity index (χ3n) is 4.61. The van der Waals surface area contributed by atoms with Gasteiger partial charge in [-0.25, -0.2) is 4.68 Å². The number of thiophene rings is 1. The minimum Gasteiger partial charge on any atom is -0.490 e. The van der Waals surface area contributed by atoms with Crippen LogP contribution in [0.25, 0.3) is 22.4 Å². The SMILES string of the molecule is CCCOc1cc(-c2ccccc2)nn1CCOc1ccc(-c2ccsc2)cc1Cl. The van der Waals surface area contributed by atoms with E-state index in [1.807, 2.05) is 59.3 Å². The summed E-state index contributed by atoms with van der Waals surface area (Å²) in [4.78, 5) is 0. The highest BCUT2D eigenvalue weighted by molar-refractivity contribution is 7.08. The van der Waals surface area contributed by atoms with E-state index in [-0.39, 0.29) is 0 Å². The third-order valence-corrected chi connectivity index (χ3v) is 5.59. The Morgan fingerprint density at radius 1 is 0.933 bits per heavy atom. The molecule has 4 nitrogen and oxygen atoms in total. The Morgan fingerprint density at radius 3 is 2.53 bits per heavy atom.